The normalized spacial score (nSPS) is 10.5. The van der Waals surface area contributed by atoms with Crippen molar-refractivity contribution in [2.24, 2.45) is 5.92 Å². The molecule has 1 atom stereocenters. The molecule has 0 bridgehead atoms. The first-order valence-corrected chi connectivity index (χ1v) is 4.42. The Bertz CT molecular complexity index is 105. The molecule has 0 fully saturated rings. The van der Waals surface area contributed by atoms with Crippen LogP contribution in [0.2, 0.25) is 0 Å². The number of carboxylic acids is 1. The summed E-state index contributed by atoms with van der Waals surface area (Å²) >= 11 is 0. The molecule has 0 aromatic rings. The molecule has 1 N–H and O–H groups in total. The molecule has 13 heavy (non-hydrogen) atoms. The van der Waals surface area contributed by atoms with Crippen LogP contribution in [0.15, 0.2) is 0 Å². The second kappa shape index (κ2) is 14.5. The number of carboxylic acid groups (broad SMARTS) is 1. The number of rotatable bonds is 4. The van der Waals surface area contributed by atoms with Gasteiger partial charge in [0.25, 0.3) is 0 Å². The smallest absolute Gasteiger partial charge is 0.481 e. The van der Waals surface area contributed by atoms with E-state index in [0.717, 1.165) is 19.3 Å². The molecule has 0 spiro atoms. The van der Waals surface area contributed by atoms with Crippen molar-refractivity contribution >= 4 is 5.97 Å². The molecule has 0 aromatic carbocycles. The fraction of sp³-hybridized carbons (Fsp3) is 0.700. The minimum absolute atomic E-state index is 0. The van der Waals surface area contributed by atoms with Gasteiger partial charge >= 0.3 is 23.3 Å². The van der Waals surface area contributed by atoms with E-state index >= 15 is 0 Å². The van der Waals surface area contributed by atoms with Gasteiger partial charge in [-0.2, -0.15) is 12.3 Å². The van der Waals surface area contributed by atoms with Crippen LogP contribution in [-0.4, -0.2) is 11.1 Å². The summed E-state index contributed by atoms with van der Waals surface area (Å²) in [6.07, 6.45) is 3.13. The SMILES string of the molecule is [CH2-]C(CCC)CC(=O)O.[CH2-]CC.[Cr+2]. The van der Waals surface area contributed by atoms with Crippen molar-refractivity contribution in [2.75, 3.05) is 0 Å². The number of hydrogen-bond donors (Lipinski definition) is 1. The quantitative estimate of drug-likeness (QED) is 0.745. The molecule has 0 aliphatic carbocycles. The van der Waals surface area contributed by atoms with E-state index in [1.807, 2.05) is 13.8 Å². The summed E-state index contributed by atoms with van der Waals surface area (Å²) in [4.78, 5) is 10.0. The van der Waals surface area contributed by atoms with E-state index < -0.39 is 5.97 Å². The van der Waals surface area contributed by atoms with Gasteiger partial charge in [-0.25, -0.2) is 0 Å². The Kier molecular flexibility index (Phi) is 20.9. The average Bonchev–Trinajstić information content (AvgIpc) is 1.87. The van der Waals surface area contributed by atoms with Crippen LogP contribution in [0.4, 0.5) is 0 Å². The van der Waals surface area contributed by atoms with E-state index in [-0.39, 0.29) is 29.7 Å². The van der Waals surface area contributed by atoms with Crippen molar-refractivity contribution in [3.63, 3.8) is 0 Å². The second-order valence-corrected chi connectivity index (χ2v) is 2.75. The van der Waals surface area contributed by atoms with Gasteiger partial charge in [-0.1, -0.05) is 26.7 Å². The third kappa shape index (κ3) is 24.5. The van der Waals surface area contributed by atoms with Crippen molar-refractivity contribution in [3.8, 4) is 0 Å². The van der Waals surface area contributed by atoms with Crippen LogP contribution in [0.1, 0.15) is 39.5 Å². The molecule has 0 amide bonds. The molecule has 0 heterocycles. The standard InChI is InChI=1S/C7H13O2.C3H7.Cr/c1-3-4-6(2)5-7(8)9;1-3-2;/h6H,2-5H2,1H3,(H,8,9);1,3H2,2H3;/q2*-1;+2. The van der Waals surface area contributed by atoms with Gasteiger partial charge in [-0.05, 0) is 0 Å². The Labute approximate surface area is 92.9 Å². The van der Waals surface area contributed by atoms with Gasteiger partial charge in [-0.3, -0.25) is 4.79 Å². The molecule has 0 aliphatic rings. The zero-order chi connectivity index (χ0) is 9.98. The van der Waals surface area contributed by atoms with Gasteiger partial charge in [0.15, 0.2) is 0 Å². The number of hydrogen-bond acceptors (Lipinski definition) is 1. The maximum Gasteiger partial charge on any atom is 2.00 e. The predicted octanol–water partition coefficient (Wildman–Crippen LogP) is 2.94. The first kappa shape index (κ1) is 18.7. The van der Waals surface area contributed by atoms with Gasteiger partial charge in [0.2, 0.25) is 0 Å². The van der Waals surface area contributed by atoms with E-state index in [4.69, 9.17) is 5.11 Å². The molecule has 0 saturated carbocycles. The molecule has 0 aromatic heterocycles. The third-order valence-electron chi connectivity index (χ3n) is 1.16. The molecule has 3 heteroatoms. The molecular formula is C10H20CrO2. The Morgan fingerprint density at radius 2 is 1.85 bits per heavy atom. The Morgan fingerprint density at radius 3 is 2.08 bits per heavy atom. The second-order valence-electron chi connectivity index (χ2n) is 2.75. The summed E-state index contributed by atoms with van der Waals surface area (Å²) in [5, 5.41) is 8.27. The zero-order valence-electron chi connectivity index (χ0n) is 8.58. The van der Waals surface area contributed by atoms with Gasteiger partial charge in [0.1, 0.15) is 0 Å². The molecule has 0 saturated heterocycles. The Balaban J connectivity index is -0.000000220. The maximum absolute atomic E-state index is 10.0. The molecule has 1 unspecified atom stereocenters. The van der Waals surface area contributed by atoms with Crippen molar-refractivity contribution < 1.29 is 27.3 Å². The minimum atomic E-state index is -0.747. The van der Waals surface area contributed by atoms with Crippen molar-refractivity contribution in [1.29, 1.82) is 0 Å². The summed E-state index contributed by atoms with van der Waals surface area (Å²) in [5.74, 6) is -0.657. The molecule has 0 aliphatic heterocycles. The van der Waals surface area contributed by atoms with Gasteiger partial charge in [0.05, 0.1) is 0 Å². The minimum Gasteiger partial charge on any atom is -0.481 e. The van der Waals surface area contributed by atoms with Gasteiger partial charge in [0, 0.05) is 6.42 Å². The molecule has 0 radical (unpaired) electrons. The fourth-order valence-corrected chi connectivity index (χ4v) is 0.757. The number of aliphatic carboxylic acids is 1. The van der Waals surface area contributed by atoms with Crippen molar-refractivity contribution in [2.45, 2.75) is 39.5 Å². The van der Waals surface area contributed by atoms with E-state index in [9.17, 15) is 4.79 Å². The van der Waals surface area contributed by atoms with E-state index in [1.54, 1.807) is 0 Å². The molecule has 0 rings (SSSR count). The van der Waals surface area contributed by atoms with Gasteiger partial charge < -0.3 is 19.0 Å². The van der Waals surface area contributed by atoms with Crippen LogP contribution in [-0.2, 0) is 22.2 Å². The zero-order valence-corrected chi connectivity index (χ0v) is 9.86. The van der Waals surface area contributed by atoms with E-state index in [1.165, 1.54) is 0 Å². The topological polar surface area (TPSA) is 37.3 Å². The summed E-state index contributed by atoms with van der Waals surface area (Å²) in [5.41, 5.74) is 0. The van der Waals surface area contributed by atoms with Crippen LogP contribution >= 0.6 is 0 Å². The van der Waals surface area contributed by atoms with Crippen LogP contribution in [0, 0.1) is 19.8 Å². The third-order valence-corrected chi connectivity index (χ3v) is 1.16. The van der Waals surface area contributed by atoms with Crippen molar-refractivity contribution in [1.82, 2.24) is 0 Å². The van der Waals surface area contributed by atoms with Crippen LogP contribution in [0.3, 0.4) is 0 Å². The fourth-order valence-electron chi connectivity index (χ4n) is 0.757. The summed E-state index contributed by atoms with van der Waals surface area (Å²) in [6.45, 7) is 11.2. The van der Waals surface area contributed by atoms with Crippen LogP contribution < -0.4 is 0 Å². The van der Waals surface area contributed by atoms with Crippen LogP contribution in [0.5, 0.6) is 0 Å². The molecule has 2 nitrogen and oxygen atoms in total. The summed E-state index contributed by atoms with van der Waals surface area (Å²) < 4.78 is 0. The first-order chi connectivity index (χ1) is 5.58. The Morgan fingerprint density at radius 1 is 1.46 bits per heavy atom. The monoisotopic (exact) mass is 224 g/mol. The van der Waals surface area contributed by atoms with E-state index in [0.29, 0.717) is 0 Å². The number of carbonyl (C=O) groups is 1. The summed E-state index contributed by atoms with van der Waals surface area (Å²) in [7, 11) is 0. The average molecular weight is 224 g/mol. The van der Waals surface area contributed by atoms with Crippen LogP contribution in [0.25, 0.3) is 0 Å². The molecular weight excluding hydrogens is 204 g/mol. The van der Waals surface area contributed by atoms with Gasteiger partial charge in [-0.15, -0.1) is 0 Å². The van der Waals surface area contributed by atoms with Crippen molar-refractivity contribution in [3.05, 3.63) is 13.8 Å². The molecule has 78 valence electrons. The maximum atomic E-state index is 10.0. The largest absolute Gasteiger partial charge is 2.00 e. The van der Waals surface area contributed by atoms with E-state index in [2.05, 4.69) is 13.8 Å². The predicted molar refractivity (Wildman–Crippen MR) is 51.7 cm³/mol. The first-order valence-electron chi connectivity index (χ1n) is 4.42. The Hall–Kier alpha value is 0.00247. The summed E-state index contributed by atoms with van der Waals surface area (Å²) in [6, 6.07) is 0.